The maximum Gasteiger partial charge on any atom is -0.0340 e. The van der Waals surface area contributed by atoms with Crippen molar-refractivity contribution in [3.8, 4) is 0 Å². The first-order valence-corrected chi connectivity index (χ1v) is 5.63. The Kier molecular flexibility index (Phi) is 5.61. The Morgan fingerprint density at radius 3 is 1.42 bits per heavy atom. The van der Waals surface area contributed by atoms with E-state index in [0.29, 0.717) is 0 Å². The van der Waals surface area contributed by atoms with Gasteiger partial charge < -0.3 is 0 Å². The average Bonchev–Trinajstić information content (AvgIpc) is 2.35. The minimum Gasteiger partial charge on any atom is -0.0683 e. The fourth-order valence-corrected chi connectivity index (χ4v) is 2.79. The maximum absolute atomic E-state index is 2.41. The van der Waals surface area contributed by atoms with Crippen molar-refractivity contribution >= 4 is 0 Å². The summed E-state index contributed by atoms with van der Waals surface area (Å²) in [5.41, 5.74) is 0. The molecule has 1 fully saturated rings. The maximum atomic E-state index is 2.41. The molecule has 1 aliphatic carbocycles. The highest BCUT2D eigenvalue weighted by molar-refractivity contribution is 4.81. The molecule has 0 aromatic rings. The monoisotopic (exact) mass is 170 g/mol. The minimum absolute atomic E-state index is 0.896. The molecule has 1 aliphatic rings. The molecule has 0 aromatic heterocycles. The van der Waals surface area contributed by atoms with Gasteiger partial charge in [-0.15, -0.1) is 0 Å². The molecule has 0 N–H and O–H groups in total. The number of hydrogen-bond donors (Lipinski definition) is 0. The summed E-state index contributed by atoms with van der Waals surface area (Å²) in [6, 6.07) is 0. The van der Waals surface area contributed by atoms with Crippen LogP contribution < -0.4 is 0 Å². The summed E-state index contributed by atoms with van der Waals surface area (Å²) in [6.45, 7) is 13.5. The van der Waals surface area contributed by atoms with Crippen molar-refractivity contribution < 1.29 is 0 Å². The first kappa shape index (κ1) is 12.0. The summed E-state index contributed by atoms with van der Waals surface area (Å²) in [5, 5.41) is 0. The second-order valence-corrected chi connectivity index (χ2v) is 4.35. The van der Waals surface area contributed by atoms with Crippen LogP contribution in [0.3, 0.4) is 0 Å². The fourth-order valence-electron chi connectivity index (χ4n) is 2.79. The zero-order valence-corrected chi connectivity index (χ0v) is 9.72. The predicted molar refractivity (Wildman–Crippen MR) is 57.2 cm³/mol. The summed E-state index contributed by atoms with van der Waals surface area (Å²) in [7, 11) is 0. The third-order valence-corrected chi connectivity index (χ3v) is 3.16. The van der Waals surface area contributed by atoms with Crippen LogP contribution in [0.15, 0.2) is 0 Å². The highest BCUT2D eigenvalue weighted by Gasteiger charge is 2.31. The van der Waals surface area contributed by atoms with Crippen LogP contribution in [0.2, 0.25) is 0 Å². The lowest BCUT2D eigenvalue weighted by Crippen LogP contribution is -2.16. The Morgan fingerprint density at radius 1 is 0.917 bits per heavy atom. The van der Waals surface area contributed by atoms with E-state index in [2.05, 4.69) is 27.7 Å². The molecular formula is C12H26. The molecule has 0 heterocycles. The Bertz CT molecular complexity index is 94.6. The van der Waals surface area contributed by atoms with Gasteiger partial charge in [0.05, 0.1) is 0 Å². The molecule has 0 bridgehead atoms. The van der Waals surface area contributed by atoms with Crippen molar-refractivity contribution in [3.05, 3.63) is 0 Å². The predicted octanol–water partition coefficient (Wildman–Crippen LogP) is 4.35. The summed E-state index contributed by atoms with van der Waals surface area (Å²) < 4.78 is 0. The third kappa shape index (κ3) is 2.80. The van der Waals surface area contributed by atoms with Crippen molar-refractivity contribution in [2.75, 3.05) is 0 Å². The quantitative estimate of drug-likeness (QED) is 0.549. The van der Waals surface area contributed by atoms with E-state index >= 15 is 0 Å². The molecule has 2 unspecified atom stereocenters. The Morgan fingerprint density at radius 2 is 1.25 bits per heavy atom. The van der Waals surface area contributed by atoms with Crippen LogP contribution >= 0.6 is 0 Å². The van der Waals surface area contributed by atoms with Gasteiger partial charge in [0.2, 0.25) is 0 Å². The fraction of sp³-hybridized carbons (Fsp3) is 1.00. The number of hydrogen-bond acceptors (Lipinski definition) is 0. The van der Waals surface area contributed by atoms with Crippen LogP contribution in [0.25, 0.3) is 0 Å². The van der Waals surface area contributed by atoms with Crippen molar-refractivity contribution in [2.24, 2.45) is 23.7 Å². The molecule has 0 nitrogen and oxygen atoms in total. The van der Waals surface area contributed by atoms with Crippen LogP contribution in [-0.2, 0) is 0 Å². The van der Waals surface area contributed by atoms with Crippen molar-refractivity contribution in [2.45, 2.75) is 54.4 Å². The third-order valence-electron chi connectivity index (χ3n) is 3.16. The Balaban J connectivity index is 0.000000561. The number of rotatable bonds is 1. The van der Waals surface area contributed by atoms with Gasteiger partial charge in [0.15, 0.2) is 0 Å². The van der Waals surface area contributed by atoms with Gasteiger partial charge in [-0.1, -0.05) is 54.4 Å². The first-order valence-electron chi connectivity index (χ1n) is 5.63. The largest absolute Gasteiger partial charge is 0.0683 e. The molecule has 0 amide bonds. The lowest BCUT2D eigenvalue weighted by atomic mass is 9.82. The van der Waals surface area contributed by atoms with Crippen LogP contribution in [0.1, 0.15) is 54.4 Å². The van der Waals surface area contributed by atoms with Crippen molar-refractivity contribution in [3.63, 3.8) is 0 Å². The van der Waals surface area contributed by atoms with Gasteiger partial charge in [0.25, 0.3) is 0 Å². The molecule has 0 spiro atoms. The van der Waals surface area contributed by atoms with E-state index in [1.165, 1.54) is 12.8 Å². The van der Waals surface area contributed by atoms with Gasteiger partial charge in [0, 0.05) is 0 Å². The Labute approximate surface area is 78.8 Å². The Hall–Kier alpha value is 0. The molecule has 74 valence electrons. The van der Waals surface area contributed by atoms with Gasteiger partial charge in [-0.3, -0.25) is 0 Å². The molecule has 0 radical (unpaired) electrons. The molecule has 0 heteroatoms. The van der Waals surface area contributed by atoms with E-state index in [-0.39, 0.29) is 0 Å². The molecule has 1 saturated carbocycles. The van der Waals surface area contributed by atoms with E-state index in [0.717, 1.165) is 23.7 Å². The van der Waals surface area contributed by atoms with Gasteiger partial charge >= 0.3 is 0 Å². The SMILES string of the molecule is CC.CC(C)C1C(C)CCC1C. The molecule has 0 saturated heterocycles. The molecule has 0 aliphatic heterocycles. The van der Waals surface area contributed by atoms with Gasteiger partial charge in [-0.05, 0) is 23.7 Å². The highest BCUT2D eigenvalue weighted by Crippen LogP contribution is 2.40. The summed E-state index contributed by atoms with van der Waals surface area (Å²) >= 11 is 0. The average molecular weight is 170 g/mol. The van der Waals surface area contributed by atoms with Crippen LogP contribution in [0.5, 0.6) is 0 Å². The van der Waals surface area contributed by atoms with Gasteiger partial charge in [-0.2, -0.15) is 0 Å². The van der Waals surface area contributed by atoms with Gasteiger partial charge in [0.1, 0.15) is 0 Å². The highest BCUT2D eigenvalue weighted by atomic mass is 14.4. The van der Waals surface area contributed by atoms with E-state index < -0.39 is 0 Å². The summed E-state index contributed by atoms with van der Waals surface area (Å²) in [5.74, 6) is 3.86. The minimum atomic E-state index is 0.896. The van der Waals surface area contributed by atoms with E-state index in [9.17, 15) is 0 Å². The topological polar surface area (TPSA) is 0 Å². The second-order valence-electron chi connectivity index (χ2n) is 4.35. The van der Waals surface area contributed by atoms with E-state index in [1.54, 1.807) is 0 Å². The smallest absolute Gasteiger partial charge is 0.0340 e. The zero-order chi connectivity index (χ0) is 9.72. The van der Waals surface area contributed by atoms with Crippen LogP contribution in [-0.4, -0.2) is 0 Å². The van der Waals surface area contributed by atoms with Crippen molar-refractivity contribution in [1.82, 2.24) is 0 Å². The second kappa shape index (κ2) is 5.61. The molecular weight excluding hydrogens is 144 g/mol. The standard InChI is InChI=1S/C10H20.C2H6/c1-7(2)10-8(3)5-6-9(10)4;1-2/h7-10H,5-6H2,1-4H3;1-2H3. The van der Waals surface area contributed by atoms with Gasteiger partial charge in [-0.25, -0.2) is 0 Å². The van der Waals surface area contributed by atoms with Crippen LogP contribution in [0, 0.1) is 23.7 Å². The zero-order valence-electron chi connectivity index (χ0n) is 9.72. The molecule has 2 atom stereocenters. The van der Waals surface area contributed by atoms with Crippen molar-refractivity contribution in [1.29, 1.82) is 0 Å². The molecule has 12 heavy (non-hydrogen) atoms. The van der Waals surface area contributed by atoms with Crippen LogP contribution in [0.4, 0.5) is 0 Å². The lowest BCUT2D eigenvalue weighted by molar-refractivity contribution is 0.256. The lowest BCUT2D eigenvalue weighted by Gasteiger charge is -2.23. The summed E-state index contributed by atoms with van der Waals surface area (Å²) in [6.07, 6.45) is 2.92. The van der Waals surface area contributed by atoms with E-state index in [4.69, 9.17) is 0 Å². The molecule has 1 rings (SSSR count). The molecule has 0 aromatic carbocycles. The first-order chi connectivity index (χ1) is 5.63. The van der Waals surface area contributed by atoms with E-state index in [1.807, 2.05) is 13.8 Å². The summed E-state index contributed by atoms with van der Waals surface area (Å²) in [4.78, 5) is 0. The normalized spacial score (nSPS) is 34.8.